The molecule has 3 aromatic heterocycles. The number of pyridine rings is 1. The molecule has 5 aromatic rings. The Morgan fingerprint density at radius 2 is 1.84 bits per heavy atom. The Morgan fingerprint density at radius 3 is 2.69 bits per heavy atom. The molecule has 0 saturated carbocycles. The summed E-state index contributed by atoms with van der Waals surface area (Å²) >= 11 is 0. The van der Waals surface area contributed by atoms with Crippen molar-refractivity contribution in [1.82, 2.24) is 18.5 Å². The van der Waals surface area contributed by atoms with Gasteiger partial charge in [-0.3, -0.25) is 13.9 Å². The van der Waals surface area contributed by atoms with E-state index in [1.165, 1.54) is 9.13 Å². The van der Waals surface area contributed by atoms with Crippen molar-refractivity contribution in [2.75, 3.05) is 5.32 Å². The van der Waals surface area contributed by atoms with Gasteiger partial charge in [-0.2, -0.15) is 0 Å². The van der Waals surface area contributed by atoms with Crippen molar-refractivity contribution in [2.45, 2.75) is 13.2 Å². The fourth-order valence-electron chi connectivity index (χ4n) is 3.74. The Labute approximate surface area is 183 Å². The highest BCUT2D eigenvalue weighted by Gasteiger charge is 2.13. The van der Waals surface area contributed by atoms with Gasteiger partial charge in [0.05, 0.1) is 16.7 Å². The lowest BCUT2D eigenvalue weighted by Gasteiger charge is -2.09. The third-order valence-electron chi connectivity index (χ3n) is 5.27. The second kappa shape index (κ2) is 8.07. The molecule has 1 N–H and O–H groups in total. The van der Waals surface area contributed by atoms with Crippen LogP contribution in [0.15, 0.2) is 83.9 Å². The molecule has 2 aromatic carbocycles. The zero-order chi connectivity index (χ0) is 22.1. The standard InChI is InChI=1S/C24H21N5O3/c1-27-20-9-2-3-10-21(20)29(24(27)31)15-23(30)26-17-7-6-8-19(13-17)32-16-18-14-28-12-5-4-11-22(28)25-18/h2-14H,15-16H2,1H3,(H,26,30). The van der Waals surface area contributed by atoms with Crippen LogP contribution in [0.4, 0.5) is 5.69 Å². The van der Waals surface area contributed by atoms with Gasteiger partial charge in [-0.25, -0.2) is 9.78 Å². The molecule has 0 fully saturated rings. The summed E-state index contributed by atoms with van der Waals surface area (Å²) in [5.41, 5.74) is 3.53. The Hall–Kier alpha value is -4.33. The van der Waals surface area contributed by atoms with Gasteiger partial charge in [-0.05, 0) is 36.4 Å². The molecule has 0 aliphatic heterocycles. The highest BCUT2D eigenvalue weighted by atomic mass is 16.5. The van der Waals surface area contributed by atoms with Crippen molar-refractivity contribution in [1.29, 1.82) is 0 Å². The van der Waals surface area contributed by atoms with Crippen molar-refractivity contribution < 1.29 is 9.53 Å². The zero-order valence-corrected chi connectivity index (χ0v) is 17.4. The number of anilines is 1. The molecule has 0 unspecified atom stereocenters. The number of amides is 1. The van der Waals surface area contributed by atoms with Gasteiger partial charge >= 0.3 is 5.69 Å². The number of ether oxygens (including phenoxy) is 1. The second-order valence-electron chi connectivity index (χ2n) is 7.48. The first-order chi connectivity index (χ1) is 15.6. The first-order valence-corrected chi connectivity index (χ1v) is 10.2. The van der Waals surface area contributed by atoms with Gasteiger partial charge in [0.15, 0.2) is 0 Å². The molecule has 0 aliphatic carbocycles. The summed E-state index contributed by atoms with van der Waals surface area (Å²) in [6, 6.07) is 20.4. The van der Waals surface area contributed by atoms with Crippen LogP contribution >= 0.6 is 0 Å². The monoisotopic (exact) mass is 427 g/mol. The third-order valence-corrected chi connectivity index (χ3v) is 5.27. The Kier molecular flexibility index (Phi) is 4.95. The van der Waals surface area contributed by atoms with E-state index < -0.39 is 0 Å². The number of carbonyl (C=O) groups excluding carboxylic acids is 1. The smallest absolute Gasteiger partial charge is 0.329 e. The van der Waals surface area contributed by atoms with Crippen molar-refractivity contribution >= 4 is 28.3 Å². The minimum atomic E-state index is -0.291. The molecule has 5 rings (SSSR count). The van der Waals surface area contributed by atoms with Gasteiger partial charge in [-0.15, -0.1) is 0 Å². The highest BCUT2D eigenvalue weighted by molar-refractivity contribution is 5.91. The van der Waals surface area contributed by atoms with Gasteiger partial charge in [0.25, 0.3) is 0 Å². The first-order valence-electron chi connectivity index (χ1n) is 10.2. The minimum absolute atomic E-state index is 0.0769. The maximum absolute atomic E-state index is 12.6. The molecular weight excluding hydrogens is 406 g/mol. The average molecular weight is 427 g/mol. The SMILES string of the molecule is Cn1c(=O)n(CC(=O)Nc2cccc(OCc3cn4ccccc4n3)c2)c2ccccc21. The zero-order valence-electron chi connectivity index (χ0n) is 17.4. The van der Waals surface area contributed by atoms with Crippen LogP contribution in [0.2, 0.25) is 0 Å². The quantitative estimate of drug-likeness (QED) is 0.451. The number of aryl methyl sites for hydroxylation is 1. The predicted octanol–water partition coefficient (Wildman–Crippen LogP) is 3.21. The van der Waals surface area contributed by atoms with Crippen molar-refractivity contribution in [3.63, 3.8) is 0 Å². The first kappa shape index (κ1) is 19.6. The van der Waals surface area contributed by atoms with Crippen LogP contribution in [-0.4, -0.2) is 24.4 Å². The average Bonchev–Trinajstić information content (AvgIpc) is 3.33. The molecule has 160 valence electrons. The van der Waals surface area contributed by atoms with Crippen LogP contribution in [0.3, 0.4) is 0 Å². The lowest BCUT2D eigenvalue weighted by Crippen LogP contribution is -2.28. The van der Waals surface area contributed by atoms with Crippen LogP contribution in [-0.2, 0) is 25.0 Å². The fraction of sp³-hybridized carbons (Fsp3) is 0.125. The molecule has 0 atom stereocenters. The molecule has 8 heteroatoms. The molecule has 32 heavy (non-hydrogen) atoms. The van der Waals surface area contributed by atoms with Gasteiger partial charge in [0, 0.05) is 31.2 Å². The van der Waals surface area contributed by atoms with E-state index >= 15 is 0 Å². The number of fused-ring (bicyclic) bond motifs is 2. The van der Waals surface area contributed by atoms with Crippen LogP contribution in [0.5, 0.6) is 5.75 Å². The van der Waals surface area contributed by atoms with Gasteiger partial charge in [0.2, 0.25) is 5.91 Å². The molecule has 0 aliphatic rings. The summed E-state index contributed by atoms with van der Waals surface area (Å²) in [5.74, 6) is 0.322. The number of para-hydroxylation sites is 2. The normalized spacial score (nSPS) is 11.2. The van der Waals surface area contributed by atoms with E-state index in [4.69, 9.17) is 4.74 Å². The largest absolute Gasteiger partial charge is 0.487 e. The number of rotatable bonds is 6. The van der Waals surface area contributed by atoms with E-state index in [9.17, 15) is 9.59 Å². The number of hydrogen-bond donors (Lipinski definition) is 1. The summed E-state index contributed by atoms with van der Waals surface area (Å²) < 4.78 is 10.8. The number of imidazole rings is 2. The number of nitrogens with zero attached hydrogens (tertiary/aromatic N) is 4. The van der Waals surface area contributed by atoms with Gasteiger partial charge < -0.3 is 14.5 Å². The topological polar surface area (TPSA) is 82.6 Å². The van der Waals surface area contributed by atoms with Crippen molar-refractivity contribution in [2.24, 2.45) is 7.05 Å². The third kappa shape index (κ3) is 3.74. The maximum Gasteiger partial charge on any atom is 0.329 e. The van der Waals surface area contributed by atoms with Crippen LogP contribution in [0, 0.1) is 0 Å². The molecular formula is C24H21N5O3. The minimum Gasteiger partial charge on any atom is -0.487 e. The molecule has 8 nitrogen and oxygen atoms in total. The Bertz CT molecular complexity index is 1460. The number of carbonyl (C=O) groups is 1. The molecule has 0 saturated heterocycles. The van der Waals surface area contributed by atoms with Crippen LogP contribution in [0.25, 0.3) is 16.7 Å². The number of nitrogens with one attached hydrogen (secondary N) is 1. The van der Waals surface area contributed by atoms with E-state index in [1.54, 1.807) is 25.2 Å². The van der Waals surface area contributed by atoms with Gasteiger partial charge in [0.1, 0.15) is 24.5 Å². The fourth-order valence-corrected chi connectivity index (χ4v) is 3.74. The van der Waals surface area contributed by atoms with E-state index in [2.05, 4.69) is 10.3 Å². The second-order valence-corrected chi connectivity index (χ2v) is 7.48. The molecule has 0 spiro atoms. The summed E-state index contributed by atoms with van der Waals surface area (Å²) in [6.45, 7) is 0.233. The van der Waals surface area contributed by atoms with Crippen molar-refractivity contribution in [3.05, 3.63) is 95.3 Å². The molecule has 0 radical (unpaired) electrons. The molecule has 1 amide bonds. The van der Waals surface area contributed by atoms with Crippen LogP contribution in [0.1, 0.15) is 5.69 Å². The van der Waals surface area contributed by atoms with E-state index in [-0.39, 0.29) is 18.1 Å². The van der Waals surface area contributed by atoms with Crippen molar-refractivity contribution in [3.8, 4) is 5.75 Å². The van der Waals surface area contributed by atoms with E-state index in [0.717, 1.165) is 22.4 Å². The highest BCUT2D eigenvalue weighted by Crippen LogP contribution is 2.19. The molecule has 3 heterocycles. The number of aromatic nitrogens is 4. The lowest BCUT2D eigenvalue weighted by atomic mass is 10.3. The lowest BCUT2D eigenvalue weighted by molar-refractivity contribution is -0.116. The summed E-state index contributed by atoms with van der Waals surface area (Å²) in [6.07, 6.45) is 3.85. The van der Waals surface area contributed by atoms with E-state index in [1.807, 2.05) is 65.3 Å². The van der Waals surface area contributed by atoms with Gasteiger partial charge in [-0.1, -0.05) is 24.3 Å². The summed E-state index contributed by atoms with van der Waals surface area (Å²) in [5, 5.41) is 2.84. The van der Waals surface area contributed by atoms with E-state index in [0.29, 0.717) is 18.0 Å². The predicted molar refractivity (Wildman–Crippen MR) is 122 cm³/mol. The summed E-state index contributed by atoms with van der Waals surface area (Å²) in [4.78, 5) is 29.7. The number of benzene rings is 2. The molecule has 0 bridgehead atoms. The maximum atomic E-state index is 12.6. The van der Waals surface area contributed by atoms with Crippen LogP contribution < -0.4 is 15.7 Å². The number of hydrogen-bond acceptors (Lipinski definition) is 4. The Morgan fingerprint density at radius 1 is 1.03 bits per heavy atom. The Balaban J connectivity index is 1.27. The summed E-state index contributed by atoms with van der Waals surface area (Å²) in [7, 11) is 1.70.